The van der Waals surface area contributed by atoms with Crippen molar-refractivity contribution in [1.29, 1.82) is 0 Å². The number of aromatic nitrogens is 5. The summed E-state index contributed by atoms with van der Waals surface area (Å²) in [7, 11) is 1.76. The molecule has 20 heavy (non-hydrogen) atoms. The zero-order chi connectivity index (χ0) is 14.7. The van der Waals surface area contributed by atoms with Crippen LogP contribution in [0, 0.1) is 0 Å². The molecule has 7 nitrogen and oxygen atoms in total. The smallest absolute Gasteiger partial charge is 0.313 e. The standard InChI is InChI=1S/C12H17N5O2S/c1-4-8-6-9(17(5-2)14-8)11-13-12(16(3)15-11)20-7-10(18)19/h6H,4-5,7H2,1-3H3,(H,18,19). The minimum Gasteiger partial charge on any atom is -0.481 e. The fourth-order valence-corrected chi connectivity index (χ4v) is 2.43. The first-order chi connectivity index (χ1) is 9.55. The molecule has 0 aliphatic carbocycles. The van der Waals surface area contributed by atoms with Crippen LogP contribution in [0.2, 0.25) is 0 Å². The molecule has 2 heterocycles. The number of thioether (sulfide) groups is 1. The number of hydrogen-bond donors (Lipinski definition) is 1. The number of rotatable bonds is 6. The van der Waals surface area contributed by atoms with Crippen molar-refractivity contribution in [2.24, 2.45) is 7.05 Å². The third-order valence-corrected chi connectivity index (χ3v) is 3.77. The van der Waals surface area contributed by atoms with Crippen LogP contribution < -0.4 is 0 Å². The molecule has 0 bridgehead atoms. The molecular weight excluding hydrogens is 278 g/mol. The van der Waals surface area contributed by atoms with Crippen LogP contribution in [0.15, 0.2) is 11.2 Å². The minimum absolute atomic E-state index is 0.0285. The molecule has 0 saturated heterocycles. The second-order valence-electron chi connectivity index (χ2n) is 4.21. The molecule has 0 aliphatic rings. The van der Waals surface area contributed by atoms with Gasteiger partial charge in [0.2, 0.25) is 0 Å². The van der Waals surface area contributed by atoms with Crippen molar-refractivity contribution in [2.75, 3.05) is 5.75 Å². The fourth-order valence-electron chi connectivity index (χ4n) is 1.79. The topological polar surface area (TPSA) is 85.8 Å². The van der Waals surface area contributed by atoms with Gasteiger partial charge in [-0.1, -0.05) is 18.7 Å². The number of carbonyl (C=O) groups is 1. The monoisotopic (exact) mass is 295 g/mol. The molecule has 2 aromatic heterocycles. The Labute approximate surface area is 121 Å². The van der Waals surface area contributed by atoms with E-state index in [2.05, 4.69) is 15.2 Å². The van der Waals surface area contributed by atoms with Crippen LogP contribution in [0.25, 0.3) is 11.5 Å². The number of aliphatic carboxylic acids is 1. The summed E-state index contributed by atoms with van der Waals surface area (Å²) in [6.07, 6.45) is 0.855. The highest BCUT2D eigenvalue weighted by Gasteiger charge is 2.15. The van der Waals surface area contributed by atoms with Gasteiger partial charge in [0.25, 0.3) is 0 Å². The molecule has 0 atom stereocenters. The first-order valence-electron chi connectivity index (χ1n) is 6.37. The van der Waals surface area contributed by atoms with Gasteiger partial charge < -0.3 is 5.11 Å². The van der Waals surface area contributed by atoms with Crippen LogP contribution in [-0.4, -0.2) is 41.4 Å². The van der Waals surface area contributed by atoms with Crippen molar-refractivity contribution in [3.8, 4) is 11.5 Å². The highest BCUT2D eigenvalue weighted by molar-refractivity contribution is 7.99. The predicted molar refractivity (Wildman–Crippen MR) is 75.6 cm³/mol. The molecular formula is C12H17N5O2S. The van der Waals surface area contributed by atoms with Crippen molar-refractivity contribution in [3.63, 3.8) is 0 Å². The Kier molecular flexibility index (Phi) is 4.43. The molecule has 1 N–H and O–H groups in total. The lowest BCUT2D eigenvalue weighted by molar-refractivity contribution is -0.133. The highest BCUT2D eigenvalue weighted by atomic mass is 32.2. The van der Waals surface area contributed by atoms with Crippen molar-refractivity contribution < 1.29 is 9.90 Å². The van der Waals surface area contributed by atoms with E-state index in [0.29, 0.717) is 11.0 Å². The third kappa shape index (κ3) is 3.01. The number of nitrogens with zero attached hydrogens (tertiary/aromatic N) is 5. The van der Waals surface area contributed by atoms with Crippen LogP contribution in [0.1, 0.15) is 19.5 Å². The molecule has 0 radical (unpaired) electrons. The molecule has 0 fully saturated rings. The minimum atomic E-state index is -0.869. The van der Waals surface area contributed by atoms with Gasteiger partial charge in [-0.05, 0) is 19.4 Å². The number of hydrogen-bond acceptors (Lipinski definition) is 5. The fraction of sp³-hybridized carbons (Fsp3) is 0.500. The van der Waals surface area contributed by atoms with Gasteiger partial charge in [-0.3, -0.25) is 9.48 Å². The normalized spacial score (nSPS) is 10.9. The lowest BCUT2D eigenvalue weighted by Crippen LogP contribution is -2.01. The van der Waals surface area contributed by atoms with E-state index < -0.39 is 5.97 Å². The summed E-state index contributed by atoms with van der Waals surface area (Å²) in [4.78, 5) is 15.0. The van der Waals surface area contributed by atoms with Gasteiger partial charge in [-0.25, -0.2) is 4.68 Å². The lowest BCUT2D eigenvalue weighted by Gasteiger charge is -1.98. The van der Waals surface area contributed by atoms with Crippen molar-refractivity contribution in [2.45, 2.75) is 32.0 Å². The summed E-state index contributed by atoms with van der Waals surface area (Å²) in [6.45, 7) is 4.80. The quantitative estimate of drug-likeness (QED) is 0.812. The Hall–Kier alpha value is -1.83. The zero-order valence-electron chi connectivity index (χ0n) is 11.7. The molecule has 0 aromatic carbocycles. The van der Waals surface area contributed by atoms with Gasteiger partial charge in [-0.15, -0.1) is 5.10 Å². The summed E-state index contributed by atoms with van der Waals surface area (Å²) in [5.74, 6) is -0.319. The second-order valence-corrected chi connectivity index (χ2v) is 5.16. The van der Waals surface area contributed by atoms with Crippen molar-refractivity contribution in [3.05, 3.63) is 11.8 Å². The Balaban J connectivity index is 2.31. The van der Waals surface area contributed by atoms with Gasteiger partial charge >= 0.3 is 5.97 Å². The summed E-state index contributed by atoms with van der Waals surface area (Å²) < 4.78 is 3.46. The summed E-state index contributed by atoms with van der Waals surface area (Å²) in [5.41, 5.74) is 1.86. The summed E-state index contributed by atoms with van der Waals surface area (Å²) in [6, 6.07) is 1.98. The summed E-state index contributed by atoms with van der Waals surface area (Å²) in [5, 5.41) is 18.1. The second kappa shape index (κ2) is 6.08. The molecule has 8 heteroatoms. The largest absolute Gasteiger partial charge is 0.481 e. The average Bonchev–Trinajstić information content (AvgIpc) is 2.99. The Morgan fingerprint density at radius 3 is 2.75 bits per heavy atom. The molecule has 2 aromatic rings. The average molecular weight is 295 g/mol. The maximum atomic E-state index is 10.6. The van der Waals surface area contributed by atoms with Crippen LogP contribution >= 0.6 is 11.8 Å². The Bertz CT molecular complexity index is 619. The maximum Gasteiger partial charge on any atom is 0.313 e. The van der Waals surface area contributed by atoms with Gasteiger partial charge in [0, 0.05) is 13.6 Å². The Morgan fingerprint density at radius 1 is 1.40 bits per heavy atom. The van der Waals surface area contributed by atoms with E-state index in [1.807, 2.05) is 24.6 Å². The van der Waals surface area contributed by atoms with Gasteiger partial charge in [-0.2, -0.15) is 10.1 Å². The lowest BCUT2D eigenvalue weighted by atomic mass is 10.3. The summed E-state index contributed by atoms with van der Waals surface area (Å²) >= 11 is 1.16. The van der Waals surface area contributed by atoms with Crippen LogP contribution in [0.3, 0.4) is 0 Å². The maximum absolute atomic E-state index is 10.6. The number of aryl methyl sites for hydroxylation is 3. The number of carboxylic acid groups (broad SMARTS) is 1. The first kappa shape index (κ1) is 14.6. The van der Waals surface area contributed by atoms with Gasteiger partial charge in [0.15, 0.2) is 11.0 Å². The van der Waals surface area contributed by atoms with Gasteiger partial charge in [0.1, 0.15) is 5.69 Å². The molecule has 0 amide bonds. The van der Waals surface area contributed by atoms with Crippen LogP contribution in [0.4, 0.5) is 0 Å². The van der Waals surface area contributed by atoms with E-state index in [4.69, 9.17) is 5.11 Å². The van der Waals surface area contributed by atoms with E-state index in [0.717, 1.165) is 36.1 Å². The predicted octanol–water partition coefficient (Wildman–Crippen LogP) is 1.44. The van der Waals surface area contributed by atoms with Crippen LogP contribution in [-0.2, 0) is 24.8 Å². The van der Waals surface area contributed by atoms with Crippen LogP contribution in [0.5, 0.6) is 0 Å². The number of carboxylic acids is 1. The van der Waals surface area contributed by atoms with E-state index in [1.165, 1.54) is 0 Å². The molecule has 2 rings (SSSR count). The van der Waals surface area contributed by atoms with Crippen molar-refractivity contribution in [1.82, 2.24) is 24.5 Å². The van der Waals surface area contributed by atoms with E-state index in [-0.39, 0.29) is 5.75 Å². The first-order valence-corrected chi connectivity index (χ1v) is 7.36. The van der Waals surface area contributed by atoms with Gasteiger partial charge in [0.05, 0.1) is 11.4 Å². The Morgan fingerprint density at radius 2 is 2.15 bits per heavy atom. The molecule has 0 aliphatic heterocycles. The van der Waals surface area contributed by atoms with E-state index in [1.54, 1.807) is 11.7 Å². The molecule has 0 unspecified atom stereocenters. The molecule has 0 saturated carbocycles. The van der Waals surface area contributed by atoms with Crippen molar-refractivity contribution >= 4 is 17.7 Å². The SMILES string of the molecule is CCc1cc(-c2nc(SCC(=O)O)n(C)n2)n(CC)n1. The zero-order valence-corrected chi connectivity index (χ0v) is 12.5. The highest BCUT2D eigenvalue weighted by Crippen LogP contribution is 2.22. The van der Waals surface area contributed by atoms with E-state index in [9.17, 15) is 4.79 Å². The van der Waals surface area contributed by atoms with E-state index >= 15 is 0 Å². The molecule has 0 spiro atoms. The third-order valence-electron chi connectivity index (χ3n) is 2.77. The molecule has 108 valence electrons.